The normalized spacial score (nSPS) is 14.1. The predicted molar refractivity (Wildman–Crippen MR) is 200 cm³/mol. The highest BCUT2D eigenvalue weighted by Gasteiger charge is 2.34. The number of anilines is 2. The van der Waals surface area contributed by atoms with E-state index in [-0.39, 0.29) is 35.3 Å². The summed E-state index contributed by atoms with van der Waals surface area (Å²) in [5.74, 6) is 0.309. The monoisotopic (exact) mass is 766 g/mol. The van der Waals surface area contributed by atoms with Crippen molar-refractivity contribution in [3.63, 3.8) is 0 Å². The van der Waals surface area contributed by atoms with Crippen LogP contribution in [0.3, 0.4) is 0 Å². The third kappa shape index (κ3) is 11.0. The minimum absolute atomic E-state index is 0.00397. The number of nitro groups is 2. The van der Waals surface area contributed by atoms with Gasteiger partial charge in [0.1, 0.15) is 17.0 Å². The summed E-state index contributed by atoms with van der Waals surface area (Å²) in [5.41, 5.74) is 0.837. The molecule has 2 saturated heterocycles. The van der Waals surface area contributed by atoms with E-state index < -0.39 is 33.7 Å². The van der Waals surface area contributed by atoms with Gasteiger partial charge in [-0.05, 0) is 79.1 Å². The van der Waals surface area contributed by atoms with Crippen LogP contribution in [0.5, 0.6) is 0 Å². The minimum atomic E-state index is -0.780. The van der Waals surface area contributed by atoms with Crippen molar-refractivity contribution in [3.8, 4) is 20.9 Å². The molecule has 0 unspecified atom stereocenters. The fourth-order valence-corrected chi connectivity index (χ4v) is 6.53. The second kappa shape index (κ2) is 17.3. The molecule has 2 aliphatic rings. The maximum atomic E-state index is 12.2. The lowest BCUT2D eigenvalue weighted by atomic mass is 10.0. The van der Waals surface area contributed by atoms with E-state index in [4.69, 9.17) is 14.2 Å². The Labute approximate surface area is 312 Å². The number of nitro benzene ring substituents is 2. The number of carbonyl (C=O) groups is 3. The Hall–Kier alpha value is -5.59. The van der Waals surface area contributed by atoms with E-state index in [1.54, 1.807) is 45.0 Å². The molecule has 0 saturated carbocycles. The summed E-state index contributed by atoms with van der Waals surface area (Å²) >= 11 is 3.01. The Bertz CT molecular complexity index is 1920. The van der Waals surface area contributed by atoms with Gasteiger partial charge in [0.05, 0.1) is 23.1 Å². The minimum Gasteiger partial charge on any atom is -0.449 e. The van der Waals surface area contributed by atoms with Gasteiger partial charge in [-0.3, -0.25) is 30.9 Å². The zero-order chi connectivity index (χ0) is 38.1. The Kier molecular flexibility index (Phi) is 12.6. The highest BCUT2D eigenvalue weighted by molar-refractivity contribution is 7.13. The number of carbonyl (C=O) groups excluding carboxylic acids is 3. The van der Waals surface area contributed by atoms with Gasteiger partial charge in [0.15, 0.2) is 0 Å². The van der Waals surface area contributed by atoms with Crippen LogP contribution in [0.15, 0.2) is 71.4 Å². The molecule has 2 aromatic carbocycles. The number of ether oxygens (including phenoxy) is 3. The van der Waals surface area contributed by atoms with Crippen molar-refractivity contribution in [3.05, 3.63) is 91.7 Å². The zero-order valence-electron chi connectivity index (χ0n) is 29.1. The fourth-order valence-electron chi connectivity index (χ4n) is 5.08. The molecule has 3 N–H and O–H groups in total. The Morgan fingerprint density at radius 1 is 0.792 bits per heavy atom. The average molecular weight is 767 g/mol. The van der Waals surface area contributed by atoms with Gasteiger partial charge in [0.2, 0.25) is 0 Å². The van der Waals surface area contributed by atoms with Gasteiger partial charge in [-0.2, -0.15) is 0 Å². The topological polar surface area (TPSA) is 205 Å². The molecule has 0 bridgehead atoms. The molecule has 2 fully saturated rings. The lowest BCUT2D eigenvalue weighted by Crippen LogP contribution is -2.53. The van der Waals surface area contributed by atoms with E-state index in [2.05, 4.69) is 16.0 Å². The number of likely N-dealkylation sites (tertiary alicyclic amines) is 1. The molecule has 4 aromatic rings. The summed E-state index contributed by atoms with van der Waals surface area (Å²) in [6.45, 7) is 8.28. The molecule has 18 heteroatoms. The van der Waals surface area contributed by atoms with E-state index in [9.17, 15) is 34.6 Å². The van der Waals surface area contributed by atoms with Crippen molar-refractivity contribution < 1.29 is 38.4 Å². The van der Waals surface area contributed by atoms with E-state index in [0.29, 0.717) is 25.6 Å². The van der Waals surface area contributed by atoms with Crippen LogP contribution in [0.25, 0.3) is 20.9 Å². The van der Waals surface area contributed by atoms with Crippen LogP contribution in [-0.2, 0) is 14.2 Å². The van der Waals surface area contributed by atoms with Crippen LogP contribution in [0.1, 0.15) is 20.8 Å². The molecule has 0 spiro atoms. The van der Waals surface area contributed by atoms with E-state index in [1.165, 1.54) is 39.7 Å². The SMILES string of the molecule is CC(C)(C)OC(=O)N1CC(COC(=O)Nc2cc(-c3cccs3)ccc2[N+](=O)[O-])C1.O=C(Nc1cc(-c2cccs2)ccc1[N+](=O)[O-])OCC1CNC1. The average Bonchev–Trinajstić information content (AvgIpc) is 3.78. The summed E-state index contributed by atoms with van der Waals surface area (Å²) in [6, 6.07) is 16.8. The van der Waals surface area contributed by atoms with Crippen molar-refractivity contribution in [2.24, 2.45) is 11.8 Å². The van der Waals surface area contributed by atoms with Crippen molar-refractivity contribution in [2.45, 2.75) is 26.4 Å². The Morgan fingerprint density at radius 3 is 1.64 bits per heavy atom. The van der Waals surface area contributed by atoms with Crippen LogP contribution in [0, 0.1) is 32.1 Å². The molecular weight excluding hydrogens is 729 g/mol. The summed E-state index contributed by atoms with van der Waals surface area (Å²) in [4.78, 5) is 60.7. The molecule has 2 aromatic heterocycles. The molecule has 2 aliphatic heterocycles. The second-order valence-electron chi connectivity index (χ2n) is 13.2. The Balaban J connectivity index is 0.000000211. The molecule has 3 amide bonds. The lowest BCUT2D eigenvalue weighted by molar-refractivity contribution is -0.384. The summed E-state index contributed by atoms with van der Waals surface area (Å²) in [6.07, 6.45) is -1.86. The van der Waals surface area contributed by atoms with Gasteiger partial charge < -0.3 is 24.4 Å². The van der Waals surface area contributed by atoms with Gasteiger partial charge in [-0.25, -0.2) is 14.4 Å². The van der Waals surface area contributed by atoms with Crippen molar-refractivity contribution in [1.29, 1.82) is 0 Å². The molecule has 0 aliphatic carbocycles. The highest BCUT2D eigenvalue weighted by Crippen LogP contribution is 2.34. The van der Waals surface area contributed by atoms with E-state index in [1.807, 2.05) is 35.0 Å². The number of nitrogens with one attached hydrogen (secondary N) is 3. The summed E-state index contributed by atoms with van der Waals surface area (Å²) < 4.78 is 15.6. The first-order valence-electron chi connectivity index (χ1n) is 16.5. The predicted octanol–water partition coefficient (Wildman–Crippen LogP) is 7.83. The molecule has 53 heavy (non-hydrogen) atoms. The number of nitrogens with zero attached hydrogens (tertiary/aromatic N) is 3. The van der Waals surface area contributed by atoms with E-state index >= 15 is 0 Å². The van der Waals surface area contributed by atoms with Gasteiger partial charge in [-0.15, -0.1) is 22.7 Å². The highest BCUT2D eigenvalue weighted by atomic mass is 32.1. The Morgan fingerprint density at radius 2 is 1.26 bits per heavy atom. The largest absolute Gasteiger partial charge is 0.449 e. The standard InChI is InChI=1S/C20H23N3O6S.C15H15N3O4S/c1-20(2,3)29-19(25)22-10-13(11-22)12-28-18(24)21-15-9-14(17-5-4-8-30-17)6-7-16(15)23(26)27;19-15(22-9-10-7-16-8-10)17-12-6-11(14-2-1-5-23-14)3-4-13(12)18(20)21/h4-9,13H,10-12H2,1-3H3,(H,21,24);1-6,10,16H,7-9H2,(H,17,19). The van der Waals surface area contributed by atoms with Crippen molar-refractivity contribution in [2.75, 3.05) is 50.0 Å². The van der Waals surface area contributed by atoms with Gasteiger partial charge in [-0.1, -0.05) is 12.1 Å². The third-order valence-electron chi connectivity index (χ3n) is 7.85. The first kappa shape index (κ1) is 38.6. The van der Waals surface area contributed by atoms with Crippen LogP contribution in [0.2, 0.25) is 0 Å². The fraction of sp³-hybridized carbons (Fsp3) is 0.343. The molecule has 0 atom stereocenters. The van der Waals surface area contributed by atoms with Crippen LogP contribution in [0.4, 0.5) is 37.1 Å². The molecule has 280 valence electrons. The zero-order valence-corrected chi connectivity index (χ0v) is 30.7. The molecule has 6 rings (SSSR count). The van der Waals surface area contributed by atoms with Crippen molar-refractivity contribution in [1.82, 2.24) is 10.2 Å². The number of thiophene rings is 2. The third-order valence-corrected chi connectivity index (χ3v) is 9.68. The molecular formula is C35H38N6O10S2. The first-order chi connectivity index (χ1) is 25.3. The second-order valence-corrected chi connectivity index (χ2v) is 15.1. The van der Waals surface area contributed by atoms with Crippen LogP contribution < -0.4 is 16.0 Å². The number of benzene rings is 2. The molecule has 16 nitrogen and oxygen atoms in total. The maximum Gasteiger partial charge on any atom is 0.411 e. The quantitative estimate of drug-likeness (QED) is 0.0806. The molecule has 4 heterocycles. The molecule has 0 radical (unpaired) electrons. The summed E-state index contributed by atoms with van der Waals surface area (Å²) in [5, 5.41) is 34.3. The van der Waals surface area contributed by atoms with E-state index in [0.717, 1.165) is 34.0 Å². The number of hydrogen-bond donors (Lipinski definition) is 3. The van der Waals surface area contributed by atoms with Crippen LogP contribution >= 0.6 is 22.7 Å². The van der Waals surface area contributed by atoms with Gasteiger partial charge in [0.25, 0.3) is 11.4 Å². The number of hydrogen-bond acceptors (Lipinski definition) is 13. The number of rotatable bonds is 10. The lowest BCUT2D eigenvalue weighted by Gasteiger charge is -2.39. The van der Waals surface area contributed by atoms with Crippen molar-refractivity contribution >= 4 is 63.7 Å². The summed E-state index contributed by atoms with van der Waals surface area (Å²) in [7, 11) is 0. The van der Waals surface area contributed by atoms with Gasteiger partial charge in [0, 0.05) is 59.9 Å². The van der Waals surface area contributed by atoms with Gasteiger partial charge >= 0.3 is 18.3 Å². The van der Waals surface area contributed by atoms with Crippen LogP contribution in [-0.4, -0.2) is 78.0 Å². The number of amides is 3. The smallest absolute Gasteiger partial charge is 0.411 e. The maximum absolute atomic E-state index is 12.2. The first-order valence-corrected chi connectivity index (χ1v) is 18.2.